The molecule has 3 rings (SSSR count). The normalized spacial score (nSPS) is 25.1. The lowest BCUT2D eigenvalue weighted by Gasteiger charge is -2.42. The van der Waals surface area contributed by atoms with Gasteiger partial charge in [-0.1, -0.05) is 0 Å². The molecule has 1 amide bonds. The van der Waals surface area contributed by atoms with E-state index in [2.05, 4.69) is 4.74 Å². The molecule has 0 bridgehead atoms. The number of carbonyl (C=O) groups is 1. The molecule has 1 unspecified atom stereocenters. The number of rotatable bonds is 3. The second kappa shape index (κ2) is 6.41. The van der Waals surface area contributed by atoms with Gasteiger partial charge >= 0.3 is 6.36 Å². The van der Waals surface area contributed by atoms with Crippen LogP contribution in [0, 0.1) is 0 Å². The molecule has 2 fully saturated rings. The Hall–Kier alpha value is -1.81. The van der Waals surface area contributed by atoms with Crippen molar-refractivity contribution in [3.8, 4) is 5.75 Å². The van der Waals surface area contributed by atoms with Crippen LogP contribution >= 0.6 is 0 Å². The number of likely N-dealkylation sites (tertiary alicyclic amines) is 1. The summed E-state index contributed by atoms with van der Waals surface area (Å²) in [5.41, 5.74) is -1.09. The van der Waals surface area contributed by atoms with Gasteiger partial charge in [0.2, 0.25) is 15.9 Å². The van der Waals surface area contributed by atoms with Gasteiger partial charge in [-0.05, 0) is 49.9 Å². The molecule has 2 aliphatic heterocycles. The maximum absolute atomic E-state index is 13.0. The second-order valence-corrected chi connectivity index (χ2v) is 8.42. The van der Waals surface area contributed by atoms with Crippen LogP contribution in [0.15, 0.2) is 29.2 Å². The largest absolute Gasteiger partial charge is 0.573 e. The lowest BCUT2D eigenvalue weighted by molar-refractivity contribution is -0.274. The first-order chi connectivity index (χ1) is 12.1. The monoisotopic (exact) mass is 392 g/mol. The van der Waals surface area contributed by atoms with Crippen molar-refractivity contribution < 1.29 is 31.1 Å². The van der Waals surface area contributed by atoms with E-state index in [0.29, 0.717) is 32.2 Å². The summed E-state index contributed by atoms with van der Waals surface area (Å²) in [6.45, 7) is 0.792. The average molecular weight is 392 g/mol. The number of piperidine rings is 1. The molecular formula is C16H19F3N2O4S. The number of hydrogen-bond acceptors (Lipinski definition) is 4. The molecule has 1 aromatic rings. The van der Waals surface area contributed by atoms with E-state index in [9.17, 15) is 26.4 Å². The number of benzene rings is 1. The Labute approximate surface area is 149 Å². The zero-order chi connectivity index (χ0) is 19.2. The van der Waals surface area contributed by atoms with E-state index in [-0.39, 0.29) is 17.3 Å². The molecular weight excluding hydrogens is 373 g/mol. The van der Waals surface area contributed by atoms with Crippen LogP contribution < -0.4 is 4.74 Å². The van der Waals surface area contributed by atoms with Crippen molar-refractivity contribution >= 4 is 15.9 Å². The number of halogens is 3. The van der Waals surface area contributed by atoms with Gasteiger partial charge in [-0.25, -0.2) is 8.42 Å². The van der Waals surface area contributed by atoms with Crippen LogP contribution in [0.25, 0.3) is 0 Å². The number of nitrogens with zero attached hydrogens (tertiary/aromatic N) is 2. The Kier molecular flexibility index (Phi) is 4.68. The smallest absolute Gasteiger partial charge is 0.406 e. The van der Waals surface area contributed by atoms with Crippen LogP contribution in [-0.4, -0.2) is 55.6 Å². The van der Waals surface area contributed by atoms with Gasteiger partial charge in [0.15, 0.2) is 0 Å². The topological polar surface area (TPSA) is 66.9 Å². The molecule has 10 heteroatoms. The summed E-state index contributed by atoms with van der Waals surface area (Å²) >= 11 is 0. The number of hydrogen-bond donors (Lipinski definition) is 0. The molecule has 26 heavy (non-hydrogen) atoms. The molecule has 6 nitrogen and oxygen atoms in total. The summed E-state index contributed by atoms with van der Waals surface area (Å²) in [4.78, 5) is 14.1. The Morgan fingerprint density at radius 1 is 1.08 bits per heavy atom. The minimum absolute atomic E-state index is 0.158. The summed E-state index contributed by atoms with van der Waals surface area (Å²) in [5, 5.41) is 0. The summed E-state index contributed by atoms with van der Waals surface area (Å²) in [6.07, 6.45) is -2.69. The van der Waals surface area contributed by atoms with Gasteiger partial charge in [0, 0.05) is 20.1 Å². The van der Waals surface area contributed by atoms with Gasteiger partial charge in [-0.3, -0.25) is 4.79 Å². The van der Waals surface area contributed by atoms with Crippen LogP contribution in [0.3, 0.4) is 0 Å². The molecule has 0 aromatic heterocycles. The first-order valence-electron chi connectivity index (χ1n) is 8.20. The van der Waals surface area contributed by atoms with Crippen molar-refractivity contribution in [1.82, 2.24) is 9.21 Å². The number of ether oxygens (including phenoxy) is 1. The average Bonchev–Trinajstić information content (AvgIpc) is 2.97. The number of alkyl halides is 3. The molecule has 0 saturated carbocycles. The zero-order valence-corrected chi connectivity index (χ0v) is 14.9. The Morgan fingerprint density at radius 2 is 1.65 bits per heavy atom. The van der Waals surface area contributed by atoms with Gasteiger partial charge in [0.1, 0.15) is 11.3 Å². The number of amides is 1. The van der Waals surface area contributed by atoms with Crippen molar-refractivity contribution in [2.24, 2.45) is 0 Å². The highest BCUT2D eigenvalue weighted by Gasteiger charge is 2.54. The van der Waals surface area contributed by atoms with Crippen LogP contribution in [0.4, 0.5) is 13.2 Å². The van der Waals surface area contributed by atoms with Crippen molar-refractivity contribution in [3.05, 3.63) is 24.3 Å². The van der Waals surface area contributed by atoms with E-state index in [1.54, 1.807) is 7.05 Å². The standard InChI is InChI=1S/C16H19F3N2O4S/c1-20-10-2-8-15(14(20)22)9-3-11-21(15)26(23,24)13-6-4-12(5-7-13)25-16(17,18)19/h4-7H,2-3,8-11H2,1H3. The predicted molar refractivity (Wildman–Crippen MR) is 85.9 cm³/mol. The predicted octanol–water partition coefficient (Wildman–Crippen LogP) is 2.36. The van der Waals surface area contributed by atoms with Crippen molar-refractivity contribution in [2.75, 3.05) is 20.1 Å². The van der Waals surface area contributed by atoms with E-state index in [1.807, 2.05) is 0 Å². The van der Waals surface area contributed by atoms with E-state index in [4.69, 9.17) is 0 Å². The summed E-state index contributed by atoms with van der Waals surface area (Å²) in [6, 6.07) is 4.05. The summed E-state index contributed by atoms with van der Waals surface area (Å²) in [7, 11) is -2.37. The third-order valence-corrected chi connectivity index (χ3v) is 6.88. The molecule has 144 valence electrons. The molecule has 2 heterocycles. The van der Waals surface area contributed by atoms with E-state index >= 15 is 0 Å². The van der Waals surface area contributed by atoms with Crippen LogP contribution in [-0.2, 0) is 14.8 Å². The summed E-state index contributed by atoms with van der Waals surface area (Å²) in [5.74, 6) is -0.720. The van der Waals surface area contributed by atoms with Crippen molar-refractivity contribution in [2.45, 2.75) is 42.5 Å². The fraction of sp³-hybridized carbons (Fsp3) is 0.562. The maximum Gasteiger partial charge on any atom is 0.573 e. The molecule has 0 aliphatic carbocycles. The highest BCUT2D eigenvalue weighted by Crippen LogP contribution is 2.41. The van der Waals surface area contributed by atoms with Crippen LogP contribution in [0.2, 0.25) is 0 Å². The highest BCUT2D eigenvalue weighted by atomic mass is 32.2. The van der Waals surface area contributed by atoms with Gasteiger partial charge in [0.05, 0.1) is 4.90 Å². The molecule has 1 atom stereocenters. The lowest BCUT2D eigenvalue weighted by Crippen LogP contribution is -2.60. The second-order valence-electron chi connectivity index (χ2n) is 6.56. The molecule has 2 saturated heterocycles. The number of carbonyl (C=O) groups excluding carboxylic acids is 1. The van der Waals surface area contributed by atoms with Crippen LogP contribution in [0.5, 0.6) is 5.75 Å². The van der Waals surface area contributed by atoms with Crippen molar-refractivity contribution in [3.63, 3.8) is 0 Å². The first-order valence-corrected chi connectivity index (χ1v) is 9.64. The lowest BCUT2D eigenvalue weighted by atomic mass is 9.87. The first kappa shape index (κ1) is 19.0. The number of likely N-dealkylation sites (N-methyl/N-ethyl adjacent to an activating group) is 1. The third-order valence-electron chi connectivity index (χ3n) is 4.90. The fourth-order valence-corrected chi connectivity index (χ4v) is 5.61. The van der Waals surface area contributed by atoms with Gasteiger partial charge in [-0.2, -0.15) is 4.31 Å². The molecule has 1 aromatic carbocycles. The molecule has 2 aliphatic rings. The molecule has 0 radical (unpaired) electrons. The molecule has 1 spiro atoms. The quantitative estimate of drug-likeness (QED) is 0.792. The van der Waals surface area contributed by atoms with Gasteiger partial charge in [0.25, 0.3) is 0 Å². The Bertz CT molecular complexity index is 795. The maximum atomic E-state index is 13.0. The van der Waals surface area contributed by atoms with Gasteiger partial charge < -0.3 is 9.64 Å². The Morgan fingerprint density at radius 3 is 2.23 bits per heavy atom. The van der Waals surface area contributed by atoms with Crippen molar-refractivity contribution in [1.29, 1.82) is 0 Å². The Balaban J connectivity index is 1.91. The van der Waals surface area contributed by atoms with E-state index in [1.165, 1.54) is 9.21 Å². The van der Waals surface area contributed by atoms with E-state index in [0.717, 1.165) is 24.3 Å². The third kappa shape index (κ3) is 3.27. The number of sulfonamides is 1. The van der Waals surface area contributed by atoms with Gasteiger partial charge in [-0.15, -0.1) is 13.2 Å². The minimum atomic E-state index is -4.85. The van der Waals surface area contributed by atoms with E-state index < -0.39 is 27.7 Å². The zero-order valence-electron chi connectivity index (χ0n) is 14.1. The highest BCUT2D eigenvalue weighted by molar-refractivity contribution is 7.89. The minimum Gasteiger partial charge on any atom is -0.406 e. The fourth-order valence-electron chi connectivity index (χ4n) is 3.78. The molecule has 0 N–H and O–H groups in total. The van der Waals surface area contributed by atoms with Crippen LogP contribution in [0.1, 0.15) is 25.7 Å². The SMILES string of the molecule is CN1CCCC2(CCCN2S(=O)(=O)c2ccc(OC(F)(F)F)cc2)C1=O. The summed E-state index contributed by atoms with van der Waals surface area (Å²) < 4.78 is 67.8.